The third-order valence-electron chi connectivity index (χ3n) is 2.61. The van der Waals surface area contributed by atoms with Crippen molar-refractivity contribution in [2.45, 2.75) is 25.8 Å². The van der Waals surface area contributed by atoms with Crippen LogP contribution >= 0.6 is 0 Å². The Kier molecular flexibility index (Phi) is 5.29. The van der Waals surface area contributed by atoms with Crippen LogP contribution in [0.15, 0.2) is 18.2 Å². The number of ether oxygens (including phenoxy) is 1. The molecule has 0 bridgehead atoms. The van der Waals surface area contributed by atoms with E-state index in [1.54, 1.807) is 13.0 Å². The van der Waals surface area contributed by atoms with Gasteiger partial charge < -0.3 is 15.2 Å². The molecular formula is C13H16FNO4. The number of amides is 1. The summed E-state index contributed by atoms with van der Waals surface area (Å²) in [7, 11) is 1.35. The first kappa shape index (κ1) is 14.9. The maximum absolute atomic E-state index is 13.5. The van der Waals surface area contributed by atoms with Crippen LogP contribution in [-0.4, -0.2) is 30.1 Å². The lowest BCUT2D eigenvalue weighted by Crippen LogP contribution is -2.42. The molecule has 0 aromatic heterocycles. The number of halogens is 1. The van der Waals surface area contributed by atoms with Crippen molar-refractivity contribution >= 4 is 11.9 Å². The quantitative estimate of drug-likeness (QED) is 0.817. The Labute approximate surface area is 110 Å². The summed E-state index contributed by atoms with van der Waals surface area (Å²) >= 11 is 0. The second-order valence-corrected chi connectivity index (χ2v) is 3.98. The van der Waals surface area contributed by atoms with Gasteiger partial charge in [0.15, 0.2) is 11.6 Å². The van der Waals surface area contributed by atoms with Gasteiger partial charge in [0.25, 0.3) is 0 Å². The number of rotatable bonds is 6. The van der Waals surface area contributed by atoms with Gasteiger partial charge in [-0.1, -0.05) is 13.0 Å². The summed E-state index contributed by atoms with van der Waals surface area (Å²) in [6.45, 7) is 1.63. The molecule has 0 fully saturated rings. The lowest BCUT2D eigenvalue weighted by molar-refractivity contribution is -0.141. The lowest BCUT2D eigenvalue weighted by Gasteiger charge is -2.14. The summed E-state index contributed by atoms with van der Waals surface area (Å²) in [5, 5.41) is 11.4. The van der Waals surface area contributed by atoms with Crippen LogP contribution in [0.3, 0.4) is 0 Å². The zero-order valence-corrected chi connectivity index (χ0v) is 10.8. The zero-order valence-electron chi connectivity index (χ0n) is 10.8. The molecule has 1 amide bonds. The molecule has 0 spiro atoms. The van der Waals surface area contributed by atoms with Crippen LogP contribution in [0.5, 0.6) is 5.75 Å². The Morgan fingerprint density at radius 1 is 1.47 bits per heavy atom. The first-order valence-electron chi connectivity index (χ1n) is 5.82. The molecule has 1 atom stereocenters. The summed E-state index contributed by atoms with van der Waals surface area (Å²) in [6, 6.07) is 3.12. The third kappa shape index (κ3) is 4.24. The van der Waals surface area contributed by atoms with Crippen LogP contribution in [0.2, 0.25) is 0 Å². The molecule has 1 aromatic rings. The largest absolute Gasteiger partial charge is 0.494 e. The minimum atomic E-state index is -1.15. The fourth-order valence-electron chi connectivity index (χ4n) is 1.57. The summed E-state index contributed by atoms with van der Waals surface area (Å²) in [6.07, 6.45) is 0.211. The number of carboxylic acids is 1. The van der Waals surface area contributed by atoms with Crippen molar-refractivity contribution in [2.24, 2.45) is 0 Å². The van der Waals surface area contributed by atoms with Crippen molar-refractivity contribution in [3.8, 4) is 5.75 Å². The molecule has 19 heavy (non-hydrogen) atoms. The van der Waals surface area contributed by atoms with Crippen molar-refractivity contribution < 1.29 is 23.8 Å². The van der Waals surface area contributed by atoms with E-state index < -0.39 is 17.8 Å². The van der Waals surface area contributed by atoms with E-state index >= 15 is 0 Å². The molecule has 0 saturated carbocycles. The van der Waals surface area contributed by atoms with Crippen molar-refractivity contribution in [1.29, 1.82) is 0 Å². The lowest BCUT2D eigenvalue weighted by atomic mass is 10.1. The molecule has 0 saturated heterocycles. The maximum atomic E-state index is 13.5. The zero-order chi connectivity index (χ0) is 14.4. The molecule has 5 nitrogen and oxygen atoms in total. The number of benzene rings is 1. The number of carbonyl (C=O) groups excluding carboxylic acids is 1. The molecule has 0 heterocycles. The summed E-state index contributed by atoms with van der Waals surface area (Å²) in [5.41, 5.74) is 0.474. The minimum absolute atomic E-state index is 0.0159. The predicted octanol–water partition coefficient (Wildman–Crippen LogP) is 1.36. The van der Waals surface area contributed by atoms with Gasteiger partial charge in [-0.05, 0) is 17.7 Å². The highest BCUT2D eigenvalue weighted by molar-refractivity contribution is 5.83. The van der Waals surface area contributed by atoms with E-state index in [0.29, 0.717) is 5.56 Å². The first-order chi connectivity index (χ1) is 8.97. The Bertz CT molecular complexity index is 476. The number of carboxylic acid groups (broad SMARTS) is 1. The van der Waals surface area contributed by atoms with Gasteiger partial charge in [-0.3, -0.25) is 4.79 Å². The number of methoxy groups -OCH3 is 1. The Morgan fingerprint density at radius 2 is 2.16 bits per heavy atom. The molecule has 0 radical (unpaired) electrons. The average Bonchev–Trinajstić information content (AvgIpc) is 2.37. The predicted molar refractivity (Wildman–Crippen MR) is 66.5 cm³/mol. The fraction of sp³-hybridized carbons (Fsp3) is 0.385. The first-order valence-corrected chi connectivity index (χ1v) is 5.82. The molecule has 1 unspecified atom stereocenters. The van der Waals surface area contributed by atoms with Crippen molar-refractivity contribution in [3.05, 3.63) is 29.6 Å². The average molecular weight is 269 g/mol. The van der Waals surface area contributed by atoms with Crippen LogP contribution in [0.1, 0.15) is 18.9 Å². The van der Waals surface area contributed by atoms with E-state index in [1.165, 1.54) is 19.2 Å². The normalized spacial score (nSPS) is 11.7. The van der Waals surface area contributed by atoms with Crippen LogP contribution in [0.25, 0.3) is 0 Å². The monoisotopic (exact) mass is 269 g/mol. The van der Waals surface area contributed by atoms with E-state index in [2.05, 4.69) is 5.32 Å². The van der Waals surface area contributed by atoms with E-state index in [0.717, 1.165) is 0 Å². The van der Waals surface area contributed by atoms with Crippen LogP contribution in [0.4, 0.5) is 4.39 Å². The van der Waals surface area contributed by atoms with E-state index in [4.69, 9.17) is 9.84 Å². The van der Waals surface area contributed by atoms with Crippen LogP contribution < -0.4 is 10.1 Å². The maximum Gasteiger partial charge on any atom is 0.326 e. The molecule has 1 aromatic carbocycles. The summed E-state index contributed by atoms with van der Waals surface area (Å²) < 4.78 is 18.2. The standard InChI is InChI=1S/C13H16FNO4/c1-3-12(16)15-10(13(17)18)7-8-4-5-11(19-2)9(14)6-8/h4-6,10H,3,7H2,1-2H3,(H,15,16)(H,17,18). The van der Waals surface area contributed by atoms with Crippen molar-refractivity contribution in [3.63, 3.8) is 0 Å². The molecule has 0 aliphatic rings. The summed E-state index contributed by atoms with van der Waals surface area (Å²) in [5.74, 6) is -1.99. The number of carbonyl (C=O) groups is 2. The van der Waals surface area contributed by atoms with E-state index in [1.807, 2.05) is 0 Å². The van der Waals surface area contributed by atoms with Gasteiger partial charge in [-0.15, -0.1) is 0 Å². The van der Waals surface area contributed by atoms with Crippen LogP contribution in [0, 0.1) is 5.82 Å². The Morgan fingerprint density at radius 3 is 2.63 bits per heavy atom. The van der Waals surface area contributed by atoms with E-state index in [-0.39, 0.29) is 24.5 Å². The molecule has 1 rings (SSSR count). The van der Waals surface area contributed by atoms with E-state index in [9.17, 15) is 14.0 Å². The SMILES string of the molecule is CCC(=O)NC(Cc1ccc(OC)c(F)c1)C(=O)O. The second-order valence-electron chi connectivity index (χ2n) is 3.98. The van der Waals surface area contributed by atoms with Gasteiger partial charge in [0.2, 0.25) is 5.91 Å². The molecule has 2 N–H and O–H groups in total. The molecular weight excluding hydrogens is 253 g/mol. The Hall–Kier alpha value is -2.11. The highest BCUT2D eigenvalue weighted by atomic mass is 19.1. The van der Waals surface area contributed by atoms with Gasteiger partial charge in [-0.25, -0.2) is 9.18 Å². The second kappa shape index (κ2) is 6.72. The molecule has 0 aliphatic carbocycles. The van der Waals surface area contributed by atoms with Gasteiger partial charge >= 0.3 is 5.97 Å². The van der Waals surface area contributed by atoms with Gasteiger partial charge in [0.1, 0.15) is 6.04 Å². The number of aliphatic carboxylic acids is 1. The fourth-order valence-corrected chi connectivity index (χ4v) is 1.57. The number of hydrogen-bond donors (Lipinski definition) is 2. The summed E-state index contributed by atoms with van der Waals surface area (Å²) in [4.78, 5) is 22.2. The minimum Gasteiger partial charge on any atom is -0.494 e. The van der Waals surface area contributed by atoms with Crippen molar-refractivity contribution in [1.82, 2.24) is 5.32 Å². The molecule has 6 heteroatoms. The van der Waals surface area contributed by atoms with Gasteiger partial charge in [0.05, 0.1) is 7.11 Å². The molecule has 0 aliphatic heterocycles. The topological polar surface area (TPSA) is 75.6 Å². The van der Waals surface area contributed by atoms with Gasteiger partial charge in [0, 0.05) is 12.8 Å². The number of hydrogen-bond acceptors (Lipinski definition) is 3. The third-order valence-corrected chi connectivity index (χ3v) is 2.61. The van der Waals surface area contributed by atoms with Crippen molar-refractivity contribution in [2.75, 3.05) is 7.11 Å². The number of nitrogens with one attached hydrogen (secondary N) is 1. The Balaban J connectivity index is 2.82. The molecule has 104 valence electrons. The highest BCUT2D eigenvalue weighted by Crippen LogP contribution is 2.18. The highest BCUT2D eigenvalue weighted by Gasteiger charge is 2.20. The van der Waals surface area contributed by atoms with Gasteiger partial charge in [-0.2, -0.15) is 0 Å². The van der Waals surface area contributed by atoms with Crippen LogP contribution in [-0.2, 0) is 16.0 Å². The smallest absolute Gasteiger partial charge is 0.326 e.